The van der Waals surface area contributed by atoms with E-state index in [1.165, 1.54) is 11.3 Å². The molecule has 1 aromatic carbocycles. The molecule has 0 atom stereocenters. The first-order chi connectivity index (χ1) is 16.0. The van der Waals surface area contributed by atoms with Crippen LogP contribution in [-0.2, 0) is 10.5 Å². The molecule has 3 aromatic heterocycles. The third kappa shape index (κ3) is 4.43. The van der Waals surface area contributed by atoms with Gasteiger partial charge in [0.1, 0.15) is 0 Å². The molecule has 5 rings (SSSR count). The van der Waals surface area contributed by atoms with E-state index in [4.69, 9.17) is 4.98 Å². The van der Waals surface area contributed by atoms with Crippen LogP contribution < -0.4 is 4.90 Å². The molecule has 9 heteroatoms. The maximum atomic E-state index is 12.5. The summed E-state index contributed by atoms with van der Waals surface area (Å²) in [4.78, 5) is 23.2. The normalized spacial score (nSPS) is 13.3. The minimum atomic E-state index is -0.0492. The van der Waals surface area contributed by atoms with Gasteiger partial charge in [0.2, 0.25) is 5.91 Å². The van der Waals surface area contributed by atoms with Gasteiger partial charge in [0.15, 0.2) is 16.1 Å². The maximum absolute atomic E-state index is 12.5. The zero-order chi connectivity index (χ0) is 22.9. The molecule has 1 aliphatic carbocycles. The minimum Gasteiger partial charge on any atom is -0.299 e. The molecule has 0 saturated heterocycles. The number of nitrogens with zero attached hydrogens (tertiary/aromatic N) is 6. The summed E-state index contributed by atoms with van der Waals surface area (Å²) in [6, 6.07) is 10.4. The van der Waals surface area contributed by atoms with Crippen LogP contribution >= 0.6 is 23.1 Å². The summed E-state index contributed by atoms with van der Waals surface area (Å²) in [7, 11) is 0. The molecule has 4 aromatic rings. The van der Waals surface area contributed by atoms with E-state index in [0.717, 1.165) is 51.9 Å². The fourth-order valence-electron chi connectivity index (χ4n) is 3.72. The highest BCUT2D eigenvalue weighted by Gasteiger charge is 2.30. The van der Waals surface area contributed by atoms with E-state index in [1.807, 2.05) is 42.8 Å². The number of amides is 1. The summed E-state index contributed by atoms with van der Waals surface area (Å²) in [5, 5.41) is 12.5. The highest BCUT2D eigenvalue weighted by Crippen LogP contribution is 2.41. The number of carbonyl (C=O) groups excluding carboxylic acids is 1. The van der Waals surface area contributed by atoms with E-state index in [1.54, 1.807) is 29.8 Å². The van der Waals surface area contributed by atoms with Crippen molar-refractivity contribution in [2.45, 2.75) is 50.6 Å². The Bertz CT molecular complexity index is 1300. The Kier molecular flexibility index (Phi) is 5.99. The molecule has 0 bridgehead atoms. The number of rotatable bonds is 7. The number of carbonyl (C=O) groups is 1. The SMILES string of the molecule is CC(=O)N(c1nc(CSc2nnc(-c3cccnc3)n2C2CC2)cs1)c1cccc(C)c1C. The van der Waals surface area contributed by atoms with Gasteiger partial charge >= 0.3 is 0 Å². The van der Waals surface area contributed by atoms with Crippen LogP contribution in [0, 0.1) is 13.8 Å². The summed E-state index contributed by atoms with van der Waals surface area (Å²) >= 11 is 3.11. The van der Waals surface area contributed by atoms with Crippen LogP contribution in [0.25, 0.3) is 11.4 Å². The first-order valence-corrected chi connectivity index (χ1v) is 12.7. The van der Waals surface area contributed by atoms with Crippen molar-refractivity contribution in [2.75, 3.05) is 4.90 Å². The first kappa shape index (κ1) is 21.8. The Balaban J connectivity index is 1.37. The van der Waals surface area contributed by atoms with Crippen molar-refractivity contribution in [3.8, 4) is 11.4 Å². The van der Waals surface area contributed by atoms with Gasteiger partial charge in [0.05, 0.1) is 11.4 Å². The van der Waals surface area contributed by atoms with E-state index >= 15 is 0 Å². The Morgan fingerprint density at radius 3 is 2.79 bits per heavy atom. The van der Waals surface area contributed by atoms with Gasteiger partial charge in [-0.3, -0.25) is 19.2 Å². The predicted octanol–water partition coefficient (Wildman–Crippen LogP) is 5.73. The summed E-state index contributed by atoms with van der Waals surface area (Å²) in [5.74, 6) is 1.48. The molecule has 168 valence electrons. The second-order valence-electron chi connectivity index (χ2n) is 8.13. The molecule has 1 saturated carbocycles. The second-order valence-corrected chi connectivity index (χ2v) is 9.91. The Morgan fingerprint density at radius 1 is 1.21 bits per heavy atom. The number of aryl methyl sites for hydroxylation is 1. The van der Waals surface area contributed by atoms with E-state index in [9.17, 15) is 4.79 Å². The van der Waals surface area contributed by atoms with E-state index in [0.29, 0.717) is 16.9 Å². The molecule has 0 unspecified atom stereocenters. The van der Waals surface area contributed by atoms with Crippen LogP contribution in [0.2, 0.25) is 0 Å². The van der Waals surface area contributed by atoms with Crippen LogP contribution in [-0.4, -0.2) is 30.6 Å². The highest BCUT2D eigenvalue weighted by molar-refractivity contribution is 7.98. The Morgan fingerprint density at radius 2 is 2.06 bits per heavy atom. The molecule has 1 amide bonds. The molecule has 33 heavy (non-hydrogen) atoms. The second kappa shape index (κ2) is 9.07. The lowest BCUT2D eigenvalue weighted by atomic mass is 10.1. The van der Waals surface area contributed by atoms with Crippen LogP contribution in [0.4, 0.5) is 10.8 Å². The van der Waals surface area contributed by atoms with Gasteiger partial charge in [0.25, 0.3) is 0 Å². The van der Waals surface area contributed by atoms with Gasteiger partial charge in [-0.2, -0.15) is 0 Å². The number of thiazole rings is 1. The lowest BCUT2D eigenvalue weighted by molar-refractivity contribution is -0.115. The maximum Gasteiger partial charge on any atom is 0.230 e. The molecular weight excluding hydrogens is 452 g/mol. The Labute approximate surface area is 200 Å². The lowest BCUT2D eigenvalue weighted by Crippen LogP contribution is -2.23. The van der Waals surface area contributed by atoms with Crippen molar-refractivity contribution in [3.63, 3.8) is 0 Å². The smallest absolute Gasteiger partial charge is 0.230 e. The third-order valence-corrected chi connectivity index (χ3v) is 7.56. The average Bonchev–Trinajstić information content (AvgIpc) is 3.39. The number of benzene rings is 1. The molecule has 0 radical (unpaired) electrons. The van der Waals surface area contributed by atoms with Gasteiger partial charge in [0, 0.05) is 42.1 Å². The van der Waals surface area contributed by atoms with Crippen molar-refractivity contribution in [2.24, 2.45) is 0 Å². The van der Waals surface area contributed by atoms with Crippen molar-refractivity contribution >= 4 is 39.8 Å². The van der Waals surface area contributed by atoms with E-state index in [-0.39, 0.29) is 5.91 Å². The van der Waals surface area contributed by atoms with E-state index in [2.05, 4.69) is 32.7 Å². The zero-order valence-electron chi connectivity index (χ0n) is 18.7. The number of thioether (sulfide) groups is 1. The van der Waals surface area contributed by atoms with Gasteiger partial charge in [-0.1, -0.05) is 23.9 Å². The van der Waals surface area contributed by atoms with Crippen LogP contribution in [0.1, 0.15) is 42.6 Å². The summed E-state index contributed by atoms with van der Waals surface area (Å²) in [5.41, 5.74) is 5.01. The largest absolute Gasteiger partial charge is 0.299 e. The molecule has 0 aliphatic heterocycles. The van der Waals surface area contributed by atoms with Crippen molar-refractivity contribution in [3.05, 3.63) is 64.9 Å². The number of aromatic nitrogens is 5. The number of hydrogen-bond acceptors (Lipinski definition) is 7. The van der Waals surface area contributed by atoms with E-state index < -0.39 is 0 Å². The molecule has 0 spiro atoms. The van der Waals surface area contributed by atoms with Crippen LogP contribution in [0.5, 0.6) is 0 Å². The van der Waals surface area contributed by atoms with Gasteiger partial charge < -0.3 is 0 Å². The van der Waals surface area contributed by atoms with Crippen LogP contribution in [0.3, 0.4) is 0 Å². The predicted molar refractivity (Wildman–Crippen MR) is 132 cm³/mol. The summed E-state index contributed by atoms with van der Waals surface area (Å²) < 4.78 is 2.23. The fourth-order valence-corrected chi connectivity index (χ4v) is 5.60. The Hall–Kier alpha value is -3.04. The molecular formula is C24H24N6OS2. The summed E-state index contributed by atoms with van der Waals surface area (Å²) in [6.07, 6.45) is 5.87. The highest BCUT2D eigenvalue weighted by atomic mass is 32.2. The van der Waals surface area contributed by atoms with Gasteiger partial charge in [-0.15, -0.1) is 21.5 Å². The monoisotopic (exact) mass is 476 g/mol. The first-order valence-electron chi connectivity index (χ1n) is 10.8. The molecule has 1 aliphatic rings. The third-order valence-electron chi connectivity index (χ3n) is 5.71. The topological polar surface area (TPSA) is 76.8 Å². The molecule has 1 fully saturated rings. The fraction of sp³-hybridized carbons (Fsp3) is 0.292. The van der Waals surface area contributed by atoms with Crippen molar-refractivity contribution in [1.82, 2.24) is 24.7 Å². The average molecular weight is 477 g/mol. The van der Waals surface area contributed by atoms with Crippen LogP contribution in [0.15, 0.2) is 53.3 Å². The molecule has 0 N–H and O–H groups in total. The number of anilines is 2. The zero-order valence-corrected chi connectivity index (χ0v) is 20.4. The van der Waals surface area contributed by atoms with Crippen molar-refractivity contribution < 1.29 is 4.79 Å². The summed E-state index contributed by atoms with van der Waals surface area (Å²) in [6.45, 7) is 5.67. The van der Waals surface area contributed by atoms with Gasteiger partial charge in [-0.25, -0.2) is 4.98 Å². The standard InChI is InChI=1S/C24H24N6OS2/c1-15-6-4-8-21(16(15)2)29(17(3)31)23-26-19(13-32-23)14-33-24-28-27-22(30(24)20-9-10-20)18-7-5-11-25-12-18/h4-8,11-13,20H,9-10,14H2,1-3H3. The lowest BCUT2D eigenvalue weighted by Gasteiger charge is -2.21. The minimum absolute atomic E-state index is 0.0492. The van der Waals surface area contributed by atoms with Crippen molar-refractivity contribution in [1.29, 1.82) is 0 Å². The molecule has 3 heterocycles. The van der Waals surface area contributed by atoms with Gasteiger partial charge in [-0.05, 0) is 56.0 Å². The molecule has 7 nitrogen and oxygen atoms in total. The quantitative estimate of drug-likeness (QED) is 0.317. The number of hydrogen-bond donors (Lipinski definition) is 0. The number of pyridine rings is 1.